The highest BCUT2D eigenvalue weighted by Gasteiger charge is 2.16. The van der Waals surface area contributed by atoms with Crippen LogP contribution in [0.25, 0.3) is 6.08 Å². The number of hydroxylamine groups is 1. The van der Waals surface area contributed by atoms with Gasteiger partial charge in [0.05, 0.1) is 6.04 Å². The van der Waals surface area contributed by atoms with Crippen LogP contribution >= 0.6 is 0 Å². The molecule has 2 amide bonds. The fourth-order valence-electron chi connectivity index (χ4n) is 2.32. The summed E-state index contributed by atoms with van der Waals surface area (Å²) in [5.74, 6) is -0.0158. The van der Waals surface area contributed by atoms with Gasteiger partial charge in [0.2, 0.25) is 5.91 Å². The lowest BCUT2D eigenvalue weighted by Crippen LogP contribution is -2.42. The Kier molecular flexibility index (Phi) is 7.58. The van der Waals surface area contributed by atoms with Crippen LogP contribution in [0.3, 0.4) is 0 Å². The third kappa shape index (κ3) is 6.60. The van der Waals surface area contributed by atoms with E-state index >= 15 is 0 Å². The number of carbonyl (C=O) groups excluding carboxylic acids is 2. The zero-order valence-electron chi connectivity index (χ0n) is 15.4. The highest BCUT2D eigenvalue weighted by Crippen LogP contribution is 2.14. The van der Waals surface area contributed by atoms with Gasteiger partial charge in [-0.25, -0.2) is 5.48 Å². The zero-order valence-corrected chi connectivity index (χ0v) is 15.4. The standard InChI is InChI=1S/C21H24N2O4/c1-15(2)19(22-20(24)13-8-16-6-4-3-5-7-16)14-27-18-11-9-17(10-12-18)21(25)23-26/h3-13,15,19,26H,14H2,1-2H3,(H,22,24)(H,23,25)/b13-8+. The number of amides is 2. The number of ether oxygens (including phenoxy) is 1. The van der Waals surface area contributed by atoms with E-state index < -0.39 is 5.91 Å². The lowest BCUT2D eigenvalue weighted by atomic mass is 10.1. The molecule has 0 spiro atoms. The number of hydrogen-bond donors (Lipinski definition) is 3. The first kappa shape index (κ1) is 20.2. The summed E-state index contributed by atoms with van der Waals surface area (Å²) >= 11 is 0. The van der Waals surface area contributed by atoms with Crippen LogP contribution in [0.1, 0.15) is 29.8 Å². The van der Waals surface area contributed by atoms with Gasteiger partial charge in [-0.3, -0.25) is 14.8 Å². The van der Waals surface area contributed by atoms with Gasteiger partial charge >= 0.3 is 0 Å². The average molecular weight is 368 g/mol. The molecule has 6 nitrogen and oxygen atoms in total. The lowest BCUT2D eigenvalue weighted by Gasteiger charge is -2.22. The van der Waals surface area contributed by atoms with Crippen LogP contribution in [-0.4, -0.2) is 29.7 Å². The summed E-state index contributed by atoms with van der Waals surface area (Å²) in [4.78, 5) is 23.5. The smallest absolute Gasteiger partial charge is 0.274 e. The average Bonchev–Trinajstić information content (AvgIpc) is 2.70. The number of rotatable bonds is 8. The Morgan fingerprint density at radius 1 is 1.07 bits per heavy atom. The quantitative estimate of drug-likeness (QED) is 0.380. The molecule has 0 aromatic heterocycles. The van der Waals surface area contributed by atoms with Gasteiger partial charge in [0.15, 0.2) is 0 Å². The molecule has 0 aliphatic heterocycles. The number of benzene rings is 2. The Labute approximate surface area is 158 Å². The van der Waals surface area contributed by atoms with Crippen molar-refractivity contribution in [3.63, 3.8) is 0 Å². The molecule has 0 bridgehead atoms. The van der Waals surface area contributed by atoms with Crippen molar-refractivity contribution >= 4 is 17.9 Å². The minimum absolute atomic E-state index is 0.168. The summed E-state index contributed by atoms with van der Waals surface area (Å²) in [6, 6.07) is 15.8. The van der Waals surface area contributed by atoms with E-state index in [1.807, 2.05) is 44.2 Å². The fourth-order valence-corrected chi connectivity index (χ4v) is 2.32. The predicted octanol–water partition coefficient (Wildman–Crippen LogP) is 3.04. The predicted molar refractivity (Wildman–Crippen MR) is 103 cm³/mol. The van der Waals surface area contributed by atoms with Crippen LogP contribution in [0.5, 0.6) is 5.75 Å². The Morgan fingerprint density at radius 2 is 1.74 bits per heavy atom. The maximum atomic E-state index is 12.2. The third-order valence-electron chi connectivity index (χ3n) is 4.01. The molecule has 0 saturated heterocycles. The van der Waals surface area contributed by atoms with Gasteiger partial charge in [-0.15, -0.1) is 0 Å². The molecule has 27 heavy (non-hydrogen) atoms. The first-order valence-corrected chi connectivity index (χ1v) is 8.70. The molecule has 142 valence electrons. The molecule has 0 radical (unpaired) electrons. The SMILES string of the molecule is CC(C)C(COc1ccc(C(=O)NO)cc1)NC(=O)/C=C/c1ccccc1. The molecule has 1 atom stereocenters. The highest BCUT2D eigenvalue weighted by molar-refractivity contribution is 5.93. The van der Waals surface area contributed by atoms with Crippen LogP contribution < -0.4 is 15.5 Å². The van der Waals surface area contributed by atoms with E-state index in [9.17, 15) is 9.59 Å². The molecule has 0 fully saturated rings. The maximum Gasteiger partial charge on any atom is 0.274 e. The van der Waals surface area contributed by atoms with E-state index in [0.717, 1.165) is 5.56 Å². The van der Waals surface area contributed by atoms with Crippen LogP contribution in [0.4, 0.5) is 0 Å². The molecule has 0 saturated carbocycles. The van der Waals surface area contributed by atoms with Gasteiger partial charge in [-0.05, 0) is 41.8 Å². The second-order valence-corrected chi connectivity index (χ2v) is 6.38. The van der Waals surface area contributed by atoms with E-state index in [1.165, 1.54) is 6.08 Å². The van der Waals surface area contributed by atoms with Crippen molar-refractivity contribution in [1.29, 1.82) is 0 Å². The van der Waals surface area contributed by atoms with Crippen molar-refractivity contribution in [2.75, 3.05) is 6.61 Å². The highest BCUT2D eigenvalue weighted by atomic mass is 16.5. The monoisotopic (exact) mass is 368 g/mol. The van der Waals surface area contributed by atoms with E-state index in [1.54, 1.807) is 35.8 Å². The summed E-state index contributed by atoms with van der Waals surface area (Å²) in [5.41, 5.74) is 2.86. The molecule has 6 heteroatoms. The molecule has 0 aliphatic rings. The molecule has 0 heterocycles. The molecular formula is C21H24N2O4. The molecule has 2 aromatic carbocycles. The first-order chi connectivity index (χ1) is 13.0. The number of hydrogen-bond acceptors (Lipinski definition) is 4. The van der Waals surface area contributed by atoms with Gasteiger partial charge in [0, 0.05) is 11.6 Å². The molecule has 2 aromatic rings. The van der Waals surface area contributed by atoms with Gasteiger partial charge < -0.3 is 10.1 Å². The van der Waals surface area contributed by atoms with Crippen LogP contribution in [0.2, 0.25) is 0 Å². The van der Waals surface area contributed by atoms with Crippen molar-refractivity contribution in [2.45, 2.75) is 19.9 Å². The maximum absolute atomic E-state index is 12.2. The van der Waals surface area contributed by atoms with E-state index in [2.05, 4.69) is 5.32 Å². The Hall–Kier alpha value is -3.12. The van der Waals surface area contributed by atoms with Gasteiger partial charge in [-0.2, -0.15) is 0 Å². The number of nitrogens with one attached hydrogen (secondary N) is 2. The van der Waals surface area contributed by atoms with E-state index in [0.29, 0.717) is 17.9 Å². The van der Waals surface area contributed by atoms with Crippen molar-refractivity contribution in [1.82, 2.24) is 10.8 Å². The molecule has 1 unspecified atom stereocenters. The van der Waals surface area contributed by atoms with Crippen molar-refractivity contribution in [3.05, 3.63) is 71.8 Å². The van der Waals surface area contributed by atoms with E-state index in [-0.39, 0.29) is 17.9 Å². The second kappa shape index (κ2) is 10.1. The minimum atomic E-state index is -0.584. The second-order valence-electron chi connectivity index (χ2n) is 6.38. The zero-order chi connectivity index (χ0) is 19.6. The van der Waals surface area contributed by atoms with Crippen molar-refractivity contribution < 1.29 is 19.5 Å². The Morgan fingerprint density at radius 3 is 2.33 bits per heavy atom. The summed E-state index contributed by atoms with van der Waals surface area (Å²) in [6.07, 6.45) is 3.27. The normalized spacial score (nSPS) is 12.0. The third-order valence-corrected chi connectivity index (χ3v) is 4.01. The molecule has 0 aliphatic carbocycles. The van der Waals surface area contributed by atoms with Crippen molar-refractivity contribution in [3.8, 4) is 5.75 Å². The van der Waals surface area contributed by atoms with Crippen LogP contribution in [0, 0.1) is 5.92 Å². The first-order valence-electron chi connectivity index (χ1n) is 8.70. The molecule has 2 rings (SSSR count). The van der Waals surface area contributed by atoms with Gasteiger partial charge in [0.25, 0.3) is 5.91 Å². The largest absolute Gasteiger partial charge is 0.491 e. The topological polar surface area (TPSA) is 87.7 Å². The molecular weight excluding hydrogens is 344 g/mol. The van der Waals surface area contributed by atoms with Crippen LogP contribution in [0.15, 0.2) is 60.7 Å². The number of carbonyl (C=O) groups is 2. The molecule has 3 N–H and O–H groups in total. The fraction of sp³-hybridized carbons (Fsp3) is 0.238. The van der Waals surface area contributed by atoms with Gasteiger partial charge in [0.1, 0.15) is 12.4 Å². The van der Waals surface area contributed by atoms with Crippen LogP contribution in [-0.2, 0) is 4.79 Å². The Bertz CT molecular complexity index is 771. The summed E-state index contributed by atoms with van der Waals surface area (Å²) in [5, 5.41) is 11.6. The van der Waals surface area contributed by atoms with E-state index in [4.69, 9.17) is 9.94 Å². The summed E-state index contributed by atoms with van der Waals surface area (Å²) in [6.45, 7) is 4.31. The minimum Gasteiger partial charge on any atom is -0.491 e. The lowest BCUT2D eigenvalue weighted by molar-refractivity contribution is -0.117. The van der Waals surface area contributed by atoms with Crippen molar-refractivity contribution in [2.24, 2.45) is 5.92 Å². The summed E-state index contributed by atoms with van der Waals surface area (Å²) in [7, 11) is 0. The van der Waals surface area contributed by atoms with Gasteiger partial charge in [-0.1, -0.05) is 44.2 Å². The Balaban J connectivity index is 1.90. The summed E-state index contributed by atoms with van der Waals surface area (Å²) < 4.78 is 5.73.